The van der Waals surface area contributed by atoms with Gasteiger partial charge in [0.05, 0.1) is 5.69 Å². The van der Waals surface area contributed by atoms with Crippen LogP contribution in [0.1, 0.15) is 20.3 Å². The van der Waals surface area contributed by atoms with Crippen molar-refractivity contribution in [1.82, 2.24) is 15.1 Å². The van der Waals surface area contributed by atoms with Crippen LogP contribution in [0, 0.1) is 0 Å². The molecule has 0 unspecified atom stereocenters. The van der Waals surface area contributed by atoms with E-state index in [9.17, 15) is 0 Å². The summed E-state index contributed by atoms with van der Waals surface area (Å²) in [5.41, 5.74) is 8.41. The molecule has 1 aromatic carbocycles. The number of nitrogens with zero attached hydrogens (tertiary/aromatic N) is 4. The van der Waals surface area contributed by atoms with Crippen LogP contribution in [0.3, 0.4) is 0 Å². The molecule has 0 amide bonds. The minimum Gasteiger partial charge on any atom is -0.399 e. The first kappa shape index (κ1) is 15.7. The molecule has 0 radical (unpaired) electrons. The Morgan fingerprint density at radius 3 is 2.35 bits per heavy atom. The Bertz CT molecular complexity index is 621. The van der Waals surface area contributed by atoms with Gasteiger partial charge in [-0.25, -0.2) is 0 Å². The molecule has 2 N–H and O–H groups in total. The van der Waals surface area contributed by atoms with Gasteiger partial charge < -0.3 is 10.6 Å². The van der Waals surface area contributed by atoms with Crippen LogP contribution in [0.25, 0.3) is 11.3 Å². The average molecular weight is 311 g/mol. The first-order valence-electron chi connectivity index (χ1n) is 8.32. The van der Waals surface area contributed by atoms with Gasteiger partial charge in [0, 0.05) is 43.5 Å². The largest absolute Gasteiger partial charge is 0.399 e. The monoisotopic (exact) mass is 311 g/mol. The van der Waals surface area contributed by atoms with E-state index in [1.165, 1.54) is 6.42 Å². The van der Waals surface area contributed by atoms with E-state index >= 15 is 0 Å². The van der Waals surface area contributed by atoms with Crippen molar-refractivity contribution in [3.05, 3.63) is 36.4 Å². The summed E-state index contributed by atoms with van der Waals surface area (Å²) in [5.74, 6) is 0.967. The SMILES string of the molecule is CC(C)N1CCCN(c2ccc(-c3ccc(N)cc3)nn2)CC1. The molecule has 1 saturated heterocycles. The van der Waals surface area contributed by atoms with E-state index in [0.29, 0.717) is 6.04 Å². The van der Waals surface area contributed by atoms with Crippen LogP contribution in [-0.2, 0) is 0 Å². The van der Waals surface area contributed by atoms with Gasteiger partial charge in [0.2, 0.25) is 0 Å². The summed E-state index contributed by atoms with van der Waals surface area (Å²) in [6.45, 7) is 8.81. The van der Waals surface area contributed by atoms with Crippen LogP contribution in [0.5, 0.6) is 0 Å². The fourth-order valence-corrected chi connectivity index (χ4v) is 2.98. The summed E-state index contributed by atoms with van der Waals surface area (Å²) in [6.07, 6.45) is 1.17. The van der Waals surface area contributed by atoms with Crippen molar-refractivity contribution in [3.63, 3.8) is 0 Å². The summed E-state index contributed by atoms with van der Waals surface area (Å²) >= 11 is 0. The second-order valence-electron chi connectivity index (χ2n) is 6.37. The molecule has 5 nitrogen and oxygen atoms in total. The molecule has 1 aliphatic rings. The van der Waals surface area contributed by atoms with Crippen molar-refractivity contribution in [2.45, 2.75) is 26.3 Å². The van der Waals surface area contributed by atoms with E-state index in [1.54, 1.807) is 0 Å². The molecule has 3 rings (SSSR count). The molecular formula is C18H25N5. The molecule has 5 heteroatoms. The Morgan fingerprint density at radius 1 is 0.913 bits per heavy atom. The smallest absolute Gasteiger partial charge is 0.151 e. The molecule has 0 spiro atoms. The number of nitrogen functional groups attached to an aromatic ring is 1. The number of aromatic nitrogens is 2. The van der Waals surface area contributed by atoms with Crippen molar-refractivity contribution in [2.24, 2.45) is 0 Å². The number of nitrogens with two attached hydrogens (primary N) is 1. The van der Waals surface area contributed by atoms with Gasteiger partial charge in [0.15, 0.2) is 5.82 Å². The third-order valence-electron chi connectivity index (χ3n) is 4.44. The molecule has 23 heavy (non-hydrogen) atoms. The van der Waals surface area contributed by atoms with Crippen LogP contribution in [0.4, 0.5) is 11.5 Å². The van der Waals surface area contributed by atoms with Crippen LogP contribution < -0.4 is 10.6 Å². The van der Waals surface area contributed by atoms with E-state index in [1.807, 2.05) is 30.3 Å². The van der Waals surface area contributed by atoms with Crippen molar-refractivity contribution in [1.29, 1.82) is 0 Å². The molecule has 0 saturated carbocycles. The Balaban J connectivity index is 1.70. The average Bonchev–Trinajstić information content (AvgIpc) is 2.82. The van der Waals surface area contributed by atoms with Gasteiger partial charge in [-0.15, -0.1) is 10.2 Å². The lowest BCUT2D eigenvalue weighted by molar-refractivity contribution is 0.238. The van der Waals surface area contributed by atoms with Gasteiger partial charge in [0.1, 0.15) is 0 Å². The predicted molar refractivity (Wildman–Crippen MR) is 95.4 cm³/mol. The highest BCUT2D eigenvalue weighted by atomic mass is 15.3. The number of hydrogen-bond acceptors (Lipinski definition) is 5. The van der Waals surface area contributed by atoms with Gasteiger partial charge in [-0.2, -0.15) is 0 Å². The van der Waals surface area contributed by atoms with Gasteiger partial charge in [0.25, 0.3) is 0 Å². The first-order chi connectivity index (χ1) is 11.1. The quantitative estimate of drug-likeness (QED) is 0.883. The van der Waals surface area contributed by atoms with Crippen LogP contribution >= 0.6 is 0 Å². The third-order valence-corrected chi connectivity index (χ3v) is 4.44. The first-order valence-corrected chi connectivity index (χ1v) is 8.32. The van der Waals surface area contributed by atoms with Crippen LogP contribution in [-0.4, -0.2) is 47.3 Å². The Morgan fingerprint density at radius 2 is 1.70 bits per heavy atom. The Labute approximate surface area is 138 Å². The Kier molecular flexibility index (Phi) is 4.76. The topological polar surface area (TPSA) is 58.3 Å². The highest BCUT2D eigenvalue weighted by Crippen LogP contribution is 2.20. The van der Waals surface area contributed by atoms with E-state index in [2.05, 4.69) is 39.9 Å². The van der Waals surface area contributed by atoms with Gasteiger partial charge in [-0.3, -0.25) is 4.90 Å². The van der Waals surface area contributed by atoms with Gasteiger partial charge in [-0.05, 0) is 44.5 Å². The molecule has 2 heterocycles. The maximum Gasteiger partial charge on any atom is 0.151 e. The number of anilines is 2. The molecule has 122 valence electrons. The maximum atomic E-state index is 5.73. The fourth-order valence-electron chi connectivity index (χ4n) is 2.98. The Hall–Kier alpha value is -2.14. The minimum atomic E-state index is 0.605. The zero-order valence-corrected chi connectivity index (χ0v) is 13.9. The minimum absolute atomic E-state index is 0.605. The van der Waals surface area contributed by atoms with Crippen LogP contribution in [0.15, 0.2) is 36.4 Å². The predicted octanol–water partition coefficient (Wildman–Crippen LogP) is 2.65. The lowest BCUT2D eigenvalue weighted by atomic mass is 10.1. The highest BCUT2D eigenvalue weighted by molar-refractivity contribution is 5.62. The van der Waals surface area contributed by atoms with E-state index in [-0.39, 0.29) is 0 Å². The van der Waals surface area contributed by atoms with Crippen molar-refractivity contribution in [2.75, 3.05) is 36.8 Å². The summed E-state index contributed by atoms with van der Waals surface area (Å²) in [6, 6.07) is 12.5. The third kappa shape index (κ3) is 3.79. The van der Waals surface area contributed by atoms with E-state index in [4.69, 9.17) is 5.73 Å². The normalized spacial score (nSPS) is 16.6. The summed E-state index contributed by atoms with van der Waals surface area (Å²) in [7, 11) is 0. The van der Waals surface area contributed by atoms with Gasteiger partial charge >= 0.3 is 0 Å². The molecule has 1 fully saturated rings. The number of hydrogen-bond donors (Lipinski definition) is 1. The second-order valence-corrected chi connectivity index (χ2v) is 6.37. The molecule has 1 aromatic heterocycles. The van der Waals surface area contributed by atoms with Crippen molar-refractivity contribution in [3.8, 4) is 11.3 Å². The molecular weight excluding hydrogens is 286 g/mol. The summed E-state index contributed by atoms with van der Waals surface area (Å²) in [4.78, 5) is 4.86. The molecule has 2 aromatic rings. The number of benzene rings is 1. The molecule has 0 aliphatic carbocycles. The molecule has 0 atom stereocenters. The lowest BCUT2D eigenvalue weighted by Gasteiger charge is -2.25. The lowest BCUT2D eigenvalue weighted by Crippen LogP contribution is -2.35. The second kappa shape index (κ2) is 6.96. The summed E-state index contributed by atoms with van der Waals surface area (Å²) < 4.78 is 0. The van der Waals surface area contributed by atoms with Crippen LogP contribution in [0.2, 0.25) is 0 Å². The van der Waals surface area contributed by atoms with E-state index in [0.717, 1.165) is 48.9 Å². The van der Waals surface area contributed by atoms with Crippen molar-refractivity contribution >= 4 is 11.5 Å². The zero-order chi connectivity index (χ0) is 16.2. The van der Waals surface area contributed by atoms with E-state index < -0.39 is 0 Å². The standard InChI is InChI=1S/C18H25N5/c1-14(2)22-10-3-11-23(13-12-22)18-9-8-17(20-21-18)15-4-6-16(19)7-5-15/h4-9,14H,3,10-13,19H2,1-2H3. The summed E-state index contributed by atoms with van der Waals surface area (Å²) in [5, 5.41) is 8.83. The fraction of sp³-hybridized carbons (Fsp3) is 0.444. The maximum absolute atomic E-state index is 5.73. The van der Waals surface area contributed by atoms with Gasteiger partial charge in [-0.1, -0.05) is 12.1 Å². The highest BCUT2D eigenvalue weighted by Gasteiger charge is 2.18. The van der Waals surface area contributed by atoms with Crippen molar-refractivity contribution < 1.29 is 0 Å². The molecule has 0 bridgehead atoms. The zero-order valence-electron chi connectivity index (χ0n) is 13.9. The number of rotatable bonds is 3. The molecule has 1 aliphatic heterocycles.